The van der Waals surface area contributed by atoms with Crippen LogP contribution in [0.5, 0.6) is 0 Å². The van der Waals surface area contributed by atoms with E-state index < -0.39 is 5.60 Å². The summed E-state index contributed by atoms with van der Waals surface area (Å²) >= 11 is 0. The lowest BCUT2D eigenvalue weighted by atomic mass is 10.1. The Morgan fingerprint density at radius 1 is 1.31 bits per heavy atom. The van der Waals surface area contributed by atoms with Gasteiger partial charge < -0.3 is 20.7 Å². The predicted molar refractivity (Wildman–Crippen MR) is 108 cm³/mol. The average Bonchev–Trinajstić information content (AvgIpc) is 3.00. The molecule has 1 saturated heterocycles. The monoisotopic (exact) mass is 369 g/mol. The molecule has 26 heavy (non-hydrogen) atoms. The SMILES string of the molecule is CCCC(CNC(=NC)NCC1CCCN1CC)NC(=O)OC(C)(C)C. The van der Waals surface area contributed by atoms with Gasteiger partial charge in [-0.05, 0) is 53.1 Å². The van der Waals surface area contributed by atoms with Gasteiger partial charge in [-0.1, -0.05) is 20.3 Å². The largest absolute Gasteiger partial charge is 0.444 e. The first kappa shape index (κ1) is 22.5. The van der Waals surface area contributed by atoms with Crippen LogP contribution >= 0.6 is 0 Å². The van der Waals surface area contributed by atoms with Crippen LogP contribution in [-0.4, -0.2) is 67.9 Å². The Hall–Kier alpha value is -1.50. The number of guanidine groups is 1. The maximum absolute atomic E-state index is 12.0. The van der Waals surface area contributed by atoms with Crippen LogP contribution in [0.2, 0.25) is 0 Å². The first-order chi connectivity index (χ1) is 12.3. The summed E-state index contributed by atoms with van der Waals surface area (Å²) in [4.78, 5) is 18.8. The molecule has 1 aliphatic rings. The molecule has 3 N–H and O–H groups in total. The second-order valence-electron chi connectivity index (χ2n) is 7.89. The third kappa shape index (κ3) is 8.74. The Kier molecular flexibility index (Phi) is 9.76. The van der Waals surface area contributed by atoms with Crippen molar-refractivity contribution in [3.63, 3.8) is 0 Å². The summed E-state index contributed by atoms with van der Waals surface area (Å²) in [7, 11) is 1.78. The Morgan fingerprint density at radius 3 is 2.62 bits per heavy atom. The van der Waals surface area contributed by atoms with Crippen molar-refractivity contribution in [2.45, 2.75) is 78.0 Å². The van der Waals surface area contributed by atoms with E-state index in [9.17, 15) is 4.79 Å². The third-order valence-electron chi connectivity index (χ3n) is 4.51. The van der Waals surface area contributed by atoms with Crippen LogP contribution in [0.3, 0.4) is 0 Å². The van der Waals surface area contributed by atoms with Crippen molar-refractivity contribution >= 4 is 12.1 Å². The Bertz CT molecular complexity index is 448. The van der Waals surface area contributed by atoms with Gasteiger partial charge in [0.2, 0.25) is 0 Å². The van der Waals surface area contributed by atoms with E-state index >= 15 is 0 Å². The van der Waals surface area contributed by atoms with E-state index in [0.29, 0.717) is 12.6 Å². The van der Waals surface area contributed by atoms with Crippen molar-refractivity contribution < 1.29 is 9.53 Å². The number of ether oxygens (including phenoxy) is 1. The molecule has 0 aliphatic carbocycles. The molecule has 0 aromatic heterocycles. The highest BCUT2D eigenvalue weighted by Crippen LogP contribution is 2.15. The fourth-order valence-corrected chi connectivity index (χ4v) is 3.25. The van der Waals surface area contributed by atoms with Crippen LogP contribution in [0.25, 0.3) is 0 Å². The molecule has 0 aromatic carbocycles. The third-order valence-corrected chi connectivity index (χ3v) is 4.51. The molecule has 1 fully saturated rings. The molecule has 1 rings (SSSR count). The summed E-state index contributed by atoms with van der Waals surface area (Å²) in [6.45, 7) is 13.7. The fraction of sp³-hybridized carbons (Fsp3) is 0.895. The van der Waals surface area contributed by atoms with Gasteiger partial charge in [-0.15, -0.1) is 0 Å². The molecule has 0 bridgehead atoms. The van der Waals surface area contributed by atoms with E-state index in [1.807, 2.05) is 20.8 Å². The molecule has 7 nitrogen and oxygen atoms in total. The van der Waals surface area contributed by atoms with Gasteiger partial charge in [0.1, 0.15) is 5.60 Å². The first-order valence-electron chi connectivity index (χ1n) is 9.97. The maximum Gasteiger partial charge on any atom is 0.407 e. The topological polar surface area (TPSA) is 78.0 Å². The number of likely N-dealkylation sites (N-methyl/N-ethyl adjacent to an activating group) is 1. The number of nitrogens with one attached hydrogen (secondary N) is 3. The number of amides is 1. The van der Waals surface area contributed by atoms with Crippen LogP contribution in [-0.2, 0) is 4.74 Å². The van der Waals surface area contributed by atoms with E-state index in [1.165, 1.54) is 19.4 Å². The second kappa shape index (κ2) is 11.3. The molecule has 0 saturated carbocycles. The number of likely N-dealkylation sites (tertiary alicyclic amines) is 1. The van der Waals surface area contributed by atoms with Crippen molar-refractivity contribution in [1.82, 2.24) is 20.9 Å². The van der Waals surface area contributed by atoms with Gasteiger partial charge in [-0.3, -0.25) is 9.89 Å². The zero-order chi connectivity index (χ0) is 19.6. The number of nitrogens with zero attached hydrogens (tertiary/aromatic N) is 2. The fourth-order valence-electron chi connectivity index (χ4n) is 3.25. The number of alkyl carbamates (subject to hydrolysis) is 1. The maximum atomic E-state index is 12.0. The summed E-state index contributed by atoms with van der Waals surface area (Å²) in [5, 5.41) is 9.70. The molecule has 2 atom stereocenters. The number of hydrogen-bond donors (Lipinski definition) is 3. The van der Waals surface area contributed by atoms with Gasteiger partial charge in [-0.2, -0.15) is 0 Å². The van der Waals surface area contributed by atoms with Gasteiger partial charge >= 0.3 is 6.09 Å². The van der Waals surface area contributed by atoms with Crippen LogP contribution in [0.1, 0.15) is 60.3 Å². The minimum atomic E-state index is -0.488. The van der Waals surface area contributed by atoms with Crippen LogP contribution in [0.15, 0.2) is 4.99 Å². The molecule has 0 aromatic rings. The van der Waals surface area contributed by atoms with E-state index in [0.717, 1.165) is 31.9 Å². The smallest absolute Gasteiger partial charge is 0.407 e. The van der Waals surface area contributed by atoms with Crippen molar-refractivity contribution in [1.29, 1.82) is 0 Å². The van der Waals surface area contributed by atoms with E-state index in [-0.39, 0.29) is 12.1 Å². The summed E-state index contributed by atoms with van der Waals surface area (Å²) in [5.74, 6) is 0.778. The molecule has 152 valence electrons. The molecule has 0 radical (unpaired) electrons. The number of carbonyl (C=O) groups excluding carboxylic acids is 1. The lowest BCUT2D eigenvalue weighted by Crippen LogP contribution is -2.50. The number of hydrogen-bond acceptors (Lipinski definition) is 4. The molecule has 1 heterocycles. The number of carbonyl (C=O) groups is 1. The summed E-state index contributed by atoms with van der Waals surface area (Å²) in [5.41, 5.74) is -0.488. The Balaban J connectivity index is 2.43. The number of rotatable bonds is 8. The lowest BCUT2D eigenvalue weighted by Gasteiger charge is -2.26. The molecule has 7 heteroatoms. The molecular formula is C19H39N5O2. The van der Waals surface area contributed by atoms with Crippen molar-refractivity contribution in [3.05, 3.63) is 0 Å². The van der Waals surface area contributed by atoms with Crippen molar-refractivity contribution in [2.24, 2.45) is 4.99 Å². The first-order valence-corrected chi connectivity index (χ1v) is 9.97. The lowest BCUT2D eigenvalue weighted by molar-refractivity contribution is 0.0502. The molecule has 0 spiro atoms. The van der Waals surface area contributed by atoms with Crippen LogP contribution in [0.4, 0.5) is 4.79 Å². The summed E-state index contributed by atoms with van der Waals surface area (Å²) in [6, 6.07) is 0.580. The van der Waals surface area contributed by atoms with Gasteiger partial charge in [0, 0.05) is 32.2 Å². The quantitative estimate of drug-likeness (QED) is 0.452. The van der Waals surface area contributed by atoms with Crippen molar-refractivity contribution in [3.8, 4) is 0 Å². The molecule has 1 amide bonds. The van der Waals surface area contributed by atoms with Gasteiger partial charge in [-0.25, -0.2) is 4.79 Å². The molecular weight excluding hydrogens is 330 g/mol. The Labute approximate surface area is 159 Å². The minimum Gasteiger partial charge on any atom is -0.444 e. The Morgan fingerprint density at radius 2 is 2.04 bits per heavy atom. The van der Waals surface area contributed by atoms with Gasteiger partial charge in [0.25, 0.3) is 0 Å². The summed E-state index contributed by atoms with van der Waals surface area (Å²) < 4.78 is 5.36. The van der Waals surface area contributed by atoms with Crippen LogP contribution in [0, 0.1) is 0 Å². The van der Waals surface area contributed by atoms with Crippen molar-refractivity contribution in [2.75, 3.05) is 33.2 Å². The van der Waals surface area contributed by atoms with E-state index in [1.54, 1.807) is 7.05 Å². The number of aliphatic imine (C=N–C) groups is 1. The van der Waals surface area contributed by atoms with Crippen LogP contribution < -0.4 is 16.0 Å². The van der Waals surface area contributed by atoms with E-state index in [4.69, 9.17) is 4.74 Å². The summed E-state index contributed by atoms with van der Waals surface area (Å²) in [6.07, 6.45) is 4.00. The highest BCUT2D eigenvalue weighted by atomic mass is 16.6. The molecule has 2 unspecified atom stereocenters. The highest BCUT2D eigenvalue weighted by molar-refractivity contribution is 5.79. The minimum absolute atomic E-state index is 0.00650. The van der Waals surface area contributed by atoms with E-state index in [2.05, 4.69) is 39.7 Å². The molecule has 1 aliphatic heterocycles. The van der Waals surface area contributed by atoms with Gasteiger partial charge in [0.05, 0.1) is 0 Å². The predicted octanol–water partition coefficient (Wildman–Crippen LogP) is 2.33. The van der Waals surface area contributed by atoms with Gasteiger partial charge in [0.15, 0.2) is 5.96 Å². The highest BCUT2D eigenvalue weighted by Gasteiger charge is 2.23. The second-order valence-corrected chi connectivity index (χ2v) is 7.89. The standard InChI is InChI=1S/C19H39N5O2/c1-7-10-15(23-18(25)26-19(3,4)5)13-21-17(20-6)22-14-16-11-9-12-24(16)8-2/h15-16H,7-14H2,1-6H3,(H,23,25)(H2,20,21,22). The zero-order valence-electron chi connectivity index (χ0n) is 17.5. The zero-order valence-corrected chi connectivity index (χ0v) is 17.5. The normalized spacial score (nSPS) is 19.9. The average molecular weight is 370 g/mol.